The summed E-state index contributed by atoms with van der Waals surface area (Å²) in [6.07, 6.45) is 20.4. The van der Waals surface area contributed by atoms with Gasteiger partial charge in [-0.15, -0.1) is 0 Å². The number of rotatable bonds is 12. The lowest BCUT2D eigenvalue weighted by molar-refractivity contribution is 0.795. The van der Waals surface area contributed by atoms with Crippen LogP contribution in [0.4, 0.5) is 17.1 Å². The molecule has 0 aromatic heterocycles. The summed E-state index contributed by atoms with van der Waals surface area (Å²) in [5.74, 6) is 0. The molecule has 1 heteroatoms. The first-order chi connectivity index (χ1) is 21.3. The van der Waals surface area contributed by atoms with Gasteiger partial charge in [0.1, 0.15) is 0 Å². The molecular formula is C42H39N. The molecular weight excluding hydrogens is 518 g/mol. The molecule has 1 nitrogen and oxygen atoms in total. The number of unbranched alkanes of at least 4 members (excludes halogenated alkanes) is 1. The van der Waals surface area contributed by atoms with Crippen molar-refractivity contribution in [1.82, 2.24) is 0 Å². The van der Waals surface area contributed by atoms with Crippen LogP contribution in [0.5, 0.6) is 0 Å². The van der Waals surface area contributed by atoms with Crippen LogP contribution in [0.25, 0.3) is 24.3 Å². The second kappa shape index (κ2) is 15.7. The van der Waals surface area contributed by atoms with Crippen LogP contribution in [-0.2, 0) is 6.42 Å². The van der Waals surface area contributed by atoms with E-state index in [2.05, 4.69) is 182 Å². The molecule has 0 heterocycles. The highest BCUT2D eigenvalue weighted by molar-refractivity contribution is 5.78. The highest BCUT2D eigenvalue weighted by Gasteiger charge is 2.12. The molecule has 0 saturated heterocycles. The Hall–Kier alpha value is -5.14. The molecule has 43 heavy (non-hydrogen) atoms. The summed E-state index contributed by atoms with van der Waals surface area (Å²) >= 11 is 0. The smallest absolute Gasteiger partial charge is 0.0462 e. The molecule has 0 aliphatic heterocycles. The zero-order valence-corrected chi connectivity index (χ0v) is 24.9. The fraction of sp³-hybridized carbons (Fsp3) is 0.0952. The zero-order valence-electron chi connectivity index (χ0n) is 24.9. The van der Waals surface area contributed by atoms with Gasteiger partial charge in [-0.05, 0) is 77.1 Å². The van der Waals surface area contributed by atoms with Gasteiger partial charge in [-0.3, -0.25) is 0 Å². The van der Waals surface area contributed by atoms with Crippen LogP contribution in [0.2, 0.25) is 0 Å². The topological polar surface area (TPSA) is 3.24 Å². The molecule has 0 bridgehead atoms. The minimum absolute atomic E-state index is 1.12. The number of aryl methyl sites for hydroxylation is 1. The fourth-order valence-corrected chi connectivity index (χ4v) is 4.90. The van der Waals surface area contributed by atoms with Gasteiger partial charge in [0.2, 0.25) is 0 Å². The molecule has 0 aliphatic rings. The van der Waals surface area contributed by atoms with Crippen LogP contribution in [0.15, 0.2) is 158 Å². The van der Waals surface area contributed by atoms with Crippen molar-refractivity contribution in [3.05, 3.63) is 186 Å². The second-order valence-corrected chi connectivity index (χ2v) is 10.5. The SMILES string of the molecule is CCCCc1ccc(N(c2ccc(C=CC=Cc3ccccc3)cc2)c2ccc(C=CC=Cc3ccccc3)cc2)cc1. The maximum atomic E-state index is 2.33. The van der Waals surface area contributed by atoms with Gasteiger partial charge in [0.25, 0.3) is 0 Å². The quantitative estimate of drug-likeness (QED) is 0.138. The van der Waals surface area contributed by atoms with Crippen molar-refractivity contribution in [1.29, 1.82) is 0 Å². The highest BCUT2D eigenvalue weighted by Crippen LogP contribution is 2.35. The van der Waals surface area contributed by atoms with Crippen molar-refractivity contribution in [2.45, 2.75) is 26.2 Å². The lowest BCUT2D eigenvalue weighted by Gasteiger charge is -2.26. The van der Waals surface area contributed by atoms with Gasteiger partial charge in [0.15, 0.2) is 0 Å². The first-order valence-electron chi connectivity index (χ1n) is 15.2. The normalized spacial score (nSPS) is 11.7. The molecule has 0 unspecified atom stereocenters. The van der Waals surface area contributed by atoms with E-state index >= 15 is 0 Å². The van der Waals surface area contributed by atoms with E-state index in [1.807, 2.05) is 12.1 Å². The maximum absolute atomic E-state index is 2.33. The lowest BCUT2D eigenvalue weighted by Crippen LogP contribution is -2.10. The summed E-state index contributed by atoms with van der Waals surface area (Å²) in [5.41, 5.74) is 9.54. The van der Waals surface area contributed by atoms with E-state index in [0.717, 1.165) is 23.5 Å². The molecule has 5 aromatic rings. The second-order valence-electron chi connectivity index (χ2n) is 10.5. The van der Waals surface area contributed by atoms with Crippen molar-refractivity contribution in [2.24, 2.45) is 0 Å². The van der Waals surface area contributed by atoms with E-state index in [1.165, 1.54) is 40.7 Å². The van der Waals surface area contributed by atoms with Gasteiger partial charge < -0.3 is 4.90 Å². The maximum Gasteiger partial charge on any atom is 0.0462 e. The minimum Gasteiger partial charge on any atom is -0.311 e. The van der Waals surface area contributed by atoms with Crippen molar-refractivity contribution >= 4 is 41.4 Å². The van der Waals surface area contributed by atoms with E-state index in [9.17, 15) is 0 Å². The number of allylic oxidation sites excluding steroid dienone is 4. The van der Waals surface area contributed by atoms with E-state index in [4.69, 9.17) is 0 Å². The third kappa shape index (κ3) is 8.92. The number of anilines is 3. The largest absolute Gasteiger partial charge is 0.311 e. The lowest BCUT2D eigenvalue weighted by atomic mass is 10.1. The number of hydrogen-bond donors (Lipinski definition) is 0. The Morgan fingerprint density at radius 3 is 1.14 bits per heavy atom. The molecule has 0 spiro atoms. The predicted octanol–water partition coefficient (Wildman–Crippen LogP) is 12.0. The first-order valence-corrected chi connectivity index (χ1v) is 15.2. The van der Waals surface area contributed by atoms with Crippen LogP contribution in [0.3, 0.4) is 0 Å². The summed E-state index contributed by atoms with van der Waals surface area (Å²) in [7, 11) is 0. The average molecular weight is 558 g/mol. The molecule has 0 N–H and O–H groups in total. The van der Waals surface area contributed by atoms with Gasteiger partial charge in [0, 0.05) is 17.1 Å². The Labute approximate surface area is 257 Å². The number of nitrogens with zero attached hydrogens (tertiary/aromatic N) is 1. The highest BCUT2D eigenvalue weighted by atomic mass is 15.1. The average Bonchev–Trinajstić information content (AvgIpc) is 3.07. The van der Waals surface area contributed by atoms with Gasteiger partial charge in [0.05, 0.1) is 0 Å². The van der Waals surface area contributed by atoms with Gasteiger partial charge >= 0.3 is 0 Å². The fourth-order valence-electron chi connectivity index (χ4n) is 4.90. The number of benzene rings is 5. The van der Waals surface area contributed by atoms with E-state index < -0.39 is 0 Å². The molecule has 0 atom stereocenters. The molecule has 5 rings (SSSR count). The Morgan fingerprint density at radius 2 is 0.767 bits per heavy atom. The first kappa shape index (κ1) is 29.4. The predicted molar refractivity (Wildman–Crippen MR) is 189 cm³/mol. The Morgan fingerprint density at radius 1 is 0.419 bits per heavy atom. The summed E-state index contributed by atoms with van der Waals surface area (Å²) < 4.78 is 0. The summed E-state index contributed by atoms with van der Waals surface area (Å²) in [6.45, 7) is 2.24. The number of hydrogen-bond acceptors (Lipinski definition) is 1. The summed E-state index contributed by atoms with van der Waals surface area (Å²) in [4.78, 5) is 2.33. The van der Waals surface area contributed by atoms with Crippen LogP contribution in [0.1, 0.15) is 47.6 Å². The van der Waals surface area contributed by atoms with E-state index in [1.54, 1.807) is 0 Å². The monoisotopic (exact) mass is 557 g/mol. The van der Waals surface area contributed by atoms with Crippen LogP contribution >= 0.6 is 0 Å². The minimum atomic E-state index is 1.12. The van der Waals surface area contributed by atoms with E-state index in [0.29, 0.717) is 0 Å². The summed E-state index contributed by atoms with van der Waals surface area (Å²) in [6, 6.07) is 47.3. The Balaban J connectivity index is 1.34. The van der Waals surface area contributed by atoms with Gasteiger partial charge in [-0.1, -0.05) is 159 Å². The van der Waals surface area contributed by atoms with Gasteiger partial charge in [-0.2, -0.15) is 0 Å². The third-order valence-electron chi connectivity index (χ3n) is 7.29. The van der Waals surface area contributed by atoms with Crippen molar-refractivity contribution in [3.8, 4) is 0 Å². The van der Waals surface area contributed by atoms with Gasteiger partial charge in [-0.25, -0.2) is 0 Å². The standard InChI is InChI=1S/C42H39N/c1-2-3-14-37-23-29-40(30-24-37)43(41-31-25-38(26-32-41)21-12-10-19-35-15-6-4-7-16-35)42-33-27-39(28-34-42)22-13-11-20-36-17-8-5-9-18-36/h4-13,15-34H,2-3,14H2,1H3. The molecule has 5 aromatic carbocycles. The van der Waals surface area contributed by atoms with E-state index in [-0.39, 0.29) is 0 Å². The van der Waals surface area contributed by atoms with Crippen molar-refractivity contribution < 1.29 is 0 Å². The molecule has 0 aliphatic carbocycles. The molecule has 0 amide bonds. The van der Waals surface area contributed by atoms with Crippen LogP contribution < -0.4 is 4.90 Å². The van der Waals surface area contributed by atoms with Crippen LogP contribution in [-0.4, -0.2) is 0 Å². The third-order valence-corrected chi connectivity index (χ3v) is 7.29. The van der Waals surface area contributed by atoms with Crippen LogP contribution in [0, 0.1) is 0 Å². The molecule has 0 radical (unpaired) electrons. The van der Waals surface area contributed by atoms with Crippen molar-refractivity contribution in [2.75, 3.05) is 4.90 Å². The molecule has 0 fully saturated rings. The molecule has 0 saturated carbocycles. The Kier molecular flexibility index (Phi) is 10.8. The zero-order chi connectivity index (χ0) is 29.5. The van der Waals surface area contributed by atoms with Crippen molar-refractivity contribution in [3.63, 3.8) is 0 Å². The molecule has 212 valence electrons. The summed E-state index contributed by atoms with van der Waals surface area (Å²) in [5, 5.41) is 0. The Bertz CT molecular complexity index is 1540.